The van der Waals surface area contributed by atoms with E-state index in [-0.39, 0.29) is 68.2 Å². The molecule has 0 rings (SSSR count). The fourth-order valence-corrected chi connectivity index (χ4v) is 5.20. The van der Waals surface area contributed by atoms with Crippen molar-refractivity contribution in [2.45, 2.75) is 156 Å². The maximum absolute atomic E-state index is 12.8. The van der Waals surface area contributed by atoms with Crippen LogP contribution in [0.25, 0.3) is 0 Å². The van der Waals surface area contributed by atoms with Gasteiger partial charge in [0.25, 0.3) is 0 Å². The minimum Gasteiger partial charge on any atom is -0.465 e. The molecule has 0 spiro atoms. The number of rotatable bonds is 30. The predicted octanol–water partition coefficient (Wildman–Crippen LogP) is 6.10. The Morgan fingerprint density at radius 1 is 0.565 bits per heavy atom. The molecule has 0 bridgehead atoms. The second-order valence-electron chi connectivity index (χ2n) is 12.2. The smallest absolute Gasteiger partial charge is 0.328 e. The maximum atomic E-state index is 12.8. The summed E-state index contributed by atoms with van der Waals surface area (Å²) in [5, 5.41) is 2.75. The summed E-state index contributed by atoms with van der Waals surface area (Å²) in [7, 11) is 0. The van der Waals surface area contributed by atoms with Crippen LogP contribution in [0, 0.1) is 11.8 Å². The van der Waals surface area contributed by atoms with Crippen LogP contribution in [0.2, 0.25) is 0 Å². The molecule has 1 amide bonds. The SMILES string of the molecule is CCCCCC(CCC)C(=O)OCCCCCC(=O)N[C@@H](CCN=C(N)N)C(=O)OCCCCOC(=O)C(CCC)CCCCC. The lowest BCUT2D eigenvalue weighted by Gasteiger charge is -2.17. The Morgan fingerprint density at radius 2 is 1.04 bits per heavy atom. The van der Waals surface area contributed by atoms with E-state index in [0.29, 0.717) is 32.3 Å². The summed E-state index contributed by atoms with van der Waals surface area (Å²) in [5.41, 5.74) is 10.8. The highest BCUT2D eigenvalue weighted by atomic mass is 16.5. The lowest BCUT2D eigenvalue weighted by Crippen LogP contribution is -2.42. The number of guanidine groups is 1. The van der Waals surface area contributed by atoms with Gasteiger partial charge in [-0.2, -0.15) is 0 Å². The Kier molecular flexibility index (Phi) is 27.7. The minimum atomic E-state index is -0.879. The first kappa shape index (κ1) is 43.1. The highest BCUT2D eigenvalue weighted by Crippen LogP contribution is 2.19. The third kappa shape index (κ3) is 23.5. The van der Waals surface area contributed by atoms with Crippen LogP contribution < -0.4 is 16.8 Å². The number of ether oxygens (including phenoxy) is 3. The second kappa shape index (κ2) is 29.5. The van der Waals surface area contributed by atoms with E-state index in [0.717, 1.165) is 83.5 Å². The van der Waals surface area contributed by atoms with E-state index >= 15 is 0 Å². The summed E-state index contributed by atoms with van der Waals surface area (Å²) in [5.74, 6) is -1.25. The zero-order valence-electron chi connectivity index (χ0n) is 29.5. The molecule has 0 saturated heterocycles. The van der Waals surface area contributed by atoms with Crippen molar-refractivity contribution >= 4 is 29.8 Å². The van der Waals surface area contributed by atoms with Crippen molar-refractivity contribution in [1.82, 2.24) is 5.32 Å². The van der Waals surface area contributed by atoms with E-state index in [4.69, 9.17) is 25.7 Å². The monoisotopic (exact) mass is 654 g/mol. The molecule has 0 heterocycles. The Balaban J connectivity index is 4.49. The maximum Gasteiger partial charge on any atom is 0.328 e. The minimum absolute atomic E-state index is 0.0288. The standard InChI is InChI=1S/C35H66N4O7/c1-5-9-12-20-28(18-7-3)32(41)44-25-15-11-14-22-31(40)39-30(23-24-38-35(36)37)34(43)46-27-17-16-26-45-33(42)29(19-8-4)21-13-10-6-2/h28-30H,5-27H2,1-4H3,(H,39,40)(H4,36,37,38)/t28?,29?,30-/m0/s1. The lowest BCUT2D eigenvalue weighted by molar-refractivity contribution is -0.151. The van der Waals surface area contributed by atoms with Crippen LogP contribution in [-0.4, -0.2) is 62.2 Å². The second-order valence-corrected chi connectivity index (χ2v) is 12.2. The molecule has 0 aliphatic rings. The summed E-state index contributed by atoms with van der Waals surface area (Å²) >= 11 is 0. The molecule has 0 fully saturated rings. The quantitative estimate of drug-likeness (QED) is 0.0272. The average molecular weight is 655 g/mol. The third-order valence-electron chi connectivity index (χ3n) is 7.90. The van der Waals surface area contributed by atoms with Crippen LogP contribution in [0.3, 0.4) is 0 Å². The summed E-state index contributed by atoms with van der Waals surface area (Å²) in [6, 6.07) is -0.879. The summed E-state index contributed by atoms with van der Waals surface area (Å²) in [4.78, 5) is 54.2. The summed E-state index contributed by atoms with van der Waals surface area (Å²) < 4.78 is 16.4. The molecule has 268 valence electrons. The molecule has 11 heteroatoms. The van der Waals surface area contributed by atoms with Gasteiger partial charge in [0.15, 0.2) is 5.96 Å². The van der Waals surface area contributed by atoms with E-state index < -0.39 is 12.0 Å². The number of unbranched alkanes of at least 4 members (excludes halogenated alkanes) is 7. The number of carbonyl (C=O) groups is 4. The Morgan fingerprint density at radius 3 is 1.50 bits per heavy atom. The number of esters is 3. The van der Waals surface area contributed by atoms with Crippen LogP contribution in [0.5, 0.6) is 0 Å². The molecule has 0 saturated carbocycles. The highest BCUT2D eigenvalue weighted by Gasteiger charge is 2.23. The third-order valence-corrected chi connectivity index (χ3v) is 7.90. The van der Waals surface area contributed by atoms with Crippen molar-refractivity contribution in [3.8, 4) is 0 Å². The van der Waals surface area contributed by atoms with Crippen molar-refractivity contribution in [3.05, 3.63) is 0 Å². The van der Waals surface area contributed by atoms with Crippen molar-refractivity contribution in [3.63, 3.8) is 0 Å². The zero-order chi connectivity index (χ0) is 34.4. The molecule has 0 aliphatic carbocycles. The van der Waals surface area contributed by atoms with Crippen LogP contribution >= 0.6 is 0 Å². The molecule has 11 nitrogen and oxygen atoms in total. The molecule has 46 heavy (non-hydrogen) atoms. The van der Waals surface area contributed by atoms with Gasteiger partial charge >= 0.3 is 17.9 Å². The number of carbonyl (C=O) groups excluding carboxylic acids is 4. The van der Waals surface area contributed by atoms with Crippen LogP contribution in [0.15, 0.2) is 4.99 Å². The van der Waals surface area contributed by atoms with Crippen molar-refractivity contribution in [2.24, 2.45) is 28.3 Å². The first-order valence-electron chi connectivity index (χ1n) is 18.0. The molecule has 0 aromatic carbocycles. The lowest BCUT2D eigenvalue weighted by atomic mass is 9.97. The topological polar surface area (TPSA) is 172 Å². The van der Waals surface area contributed by atoms with Gasteiger partial charge in [-0.1, -0.05) is 79.1 Å². The largest absolute Gasteiger partial charge is 0.465 e. The van der Waals surface area contributed by atoms with Gasteiger partial charge in [-0.15, -0.1) is 0 Å². The predicted molar refractivity (Wildman–Crippen MR) is 183 cm³/mol. The normalized spacial score (nSPS) is 12.9. The van der Waals surface area contributed by atoms with Gasteiger partial charge in [0.2, 0.25) is 5.91 Å². The number of nitrogens with zero attached hydrogens (tertiary/aromatic N) is 1. The fraction of sp³-hybridized carbons (Fsp3) is 0.857. The summed E-state index contributed by atoms with van der Waals surface area (Å²) in [6.07, 6.45) is 15.4. The van der Waals surface area contributed by atoms with Gasteiger partial charge in [-0.05, 0) is 64.2 Å². The Hall–Kier alpha value is -2.85. The molecule has 3 atom stereocenters. The molecule has 0 aliphatic heterocycles. The van der Waals surface area contributed by atoms with Gasteiger partial charge in [0.05, 0.1) is 31.7 Å². The highest BCUT2D eigenvalue weighted by molar-refractivity contribution is 5.84. The van der Waals surface area contributed by atoms with E-state index in [1.165, 1.54) is 0 Å². The van der Waals surface area contributed by atoms with Gasteiger partial charge in [-0.25, -0.2) is 4.79 Å². The van der Waals surface area contributed by atoms with Gasteiger partial charge in [0.1, 0.15) is 6.04 Å². The van der Waals surface area contributed by atoms with Crippen molar-refractivity contribution < 1.29 is 33.4 Å². The van der Waals surface area contributed by atoms with Crippen molar-refractivity contribution in [1.29, 1.82) is 0 Å². The first-order valence-corrected chi connectivity index (χ1v) is 18.0. The average Bonchev–Trinajstić information content (AvgIpc) is 3.02. The molecule has 5 N–H and O–H groups in total. The molecule has 2 unspecified atom stereocenters. The molecule has 0 aromatic heterocycles. The van der Waals surface area contributed by atoms with Crippen LogP contribution in [-0.2, 0) is 33.4 Å². The first-order chi connectivity index (χ1) is 22.2. The summed E-state index contributed by atoms with van der Waals surface area (Å²) in [6.45, 7) is 9.39. The Labute approximate surface area is 278 Å². The van der Waals surface area contributed by atoms with E-state index in [1.807, 2.05) is 0 Å². The van der Waals surface area contributed by atoms with Gasteiger partial charge in [-0.3, -0.25) is 19.4 Å². The Bertz CT molecular complexity index is 849. The van der Waals surface area contributed by atoms with Crippen molar-refractivity contribution in [2.75, 3.05) is 26.4 Å². The van der Waals surface area contributed by atoms with E-state index in [2.05, 4.69) is 38.0 Å². The van der Waals surface area contributed by atoms with Crippen LogP contribution in [0.1, 0.15) is 150 Å². The van der Waals surface area contributed by atoms with Gasteiger partial charge in [0, 0.05) is 13.0 Å². The van der Waals surface area contributed by atoms with Gasteiger partial charge < -0.3 is 31.0 Å². The van der Waals surface area contributed by atoms with Crippen LogP contribution in [0.4, 0.5) is 0 Å². The number of nitrogens with one attached hydrogen (secondary N) is 1. The zero-order valence-corrected chi connectivity index (χ0v) is 29.5. The molecule has 0 radical (unpaired) electrons. The number of amides is 1. The number of hydrogen-bond acceptors (Lipinski definition) is 8. The number of aliphatic imine (C=N–C) groups is 1. The molecular weight excluding hydrogens is 588 g/mol. The molecular formula is C35H66N4O7. The molecule has 0 aromatic rings. The number of nitrogens with two attached hydrogens (primary N) is 2. The number of hydrogen-bond donors (Lipinski definition) is 3. The van der Waals surface area contributed by atoms with E-state index in [1.54, 1.807) is 0 Å². The van der Waals surface area contributed by atoms with E-state index in [9.17, 15) is 19.2 Å². The fourth-order valence-electron chi connectivity index (χ4n) is 5.20.